The number of amides is 1. The van der Waals surface area contributed by atoms with Crippen molar-refractivity contribution < 1.29 is 23.1 Å². The van der Waals surface area contributed by atoms with E-state index in [9.17, 15) is 23.1 Å². The van der Waals surface area contributed by atoms with Crippen LogP contribution in [0.15, 0.2) is 36.9 Å². The van der Waals surface area contributed by atoms with Crippen LogP contribution in [0.1, 0.15) is 17.8 Å². The van der Waals surface area contributed by atoms with Crippen LogP contribution in [0, 0.1) is 0 Å². The molecule has 2 aromatic rings. The predicted molar refractivity (Wildman–Crippen MR) is 73.9 cm³/mol. The number of aliphatic hydroxyl groups is 1. The summed E-state index contributed by atoms with van der Waals surface area (Å²) in [5.41, 5.74) is -2.67. The minimum atomic E-state index is -5.04. The van der Waals surface area contributed by atoms with Crippen LogP contribution in [-0.4, -0.2) is 31.7 Å². The molecule has 9 heteroatoms. The average molecular weight is 328 g/mol. The van der Waals surface area contributed by atoms with Crippen LogP contribution in [0.25, 0.3) is 0 Å². The first-order chi connectivity index (χ1) is 10.7. The molecule has 23 heavy (non-hydrogen) atoms. The molecule has 0 aliphatic carbocycles. The van der Waals surface area contributed by atoms with Gasteiger partial charge in [-0.15, -0.1) is 0 Å². The Balaban J connectivity index is 2.13. The summed E-state index contributed by atoms with van der Waals surface area (Å²) in [6, 6.07) is 3.24. The number of aromatic nitrogens is 3. The first-order valence-corrected chi connectivity index (χ1v) is 6.66. The maximum atomic E-state index is 13.3. The Morgan fingerprint density at radius 3 is 2.48 bits per heavy atom. The van der Waals surface area contributed by atoms with Crippen molar-refractivity contribution in [3.8, 4) is 0 Å². The van der Waals surface area contributed by atoms with E-state index in [4.69, 9.17) is 0 Å². The number of carbonyl (C=O) groups is 1. The highest BCUT2D eigenvalue weighted by Gasteiger charge is 2.58. The molecule has 6 nitrogen and oxygen atoms in total. The molecule has 0 aliphatic rings. The Hall–Kier alpha value is -2.42. The van der Waals surface area contributed by atoms with Crippen LogP contribution >= 0.6 is 0 Å². The zero-order chi connectivity index (χ0) is 17.1. The van der Waals surface area contributed by atoms with Gasteiger partial charge < -0.3 is 15.0 Å². The number of nitrogens with one attached hydrogen (secondary N) is 1. The van der Waals surface area contributed by atoms with Crippen LogP contribution in [-0.2, 0) is 24.0 Å². The summed E-state index contributed by atoms with van der Waals surface area (Å²) >= 11 is 0. The molecular weight excluding hydrogens is 313 g/mol. The summed E-state index contributed by atoms with van der Waals surface area (Å²) in [4.78, 5) is 19.2. The maximum absolute atomic E-state index is 13.3. The first kappa shape index (κ1) is 16.9. The summed E-state index contributed by atoms with van der Waals surface area (Å²) in [5.74, 6) is -1.58. The van der Waals surface area contributed by atoms with Crippen LogP contribution in [0.5, 0.6) is 0 Å². The van der Waals surface area contributed by atoms with Gasteiger partial charge in [-0.3, -0.25) is 9.78 Å². The molecule has 2 heterocycles. The van der Waals surface area contributed by atoms with E-state index in [0.29, 0.717) is 5.56 Å². The van der Waals surface area contributed by atoms with Gasteiger partial charge in [0.25, 0.3) is 0 Å². The van der Waals surface area contributed by atoms with Crippen molar-refractivity contribution in [3.05, 3.63) is 48.3 Å². The van der Waals surface area contributed by atoms with Crippen molar-refractivity contribution in [2.24, 2.45) is 7.05 Å². The van der Waals surface area contributed by atoms with Gasteiger partial charge in [0.15, 0.2) is 5.82 Å². The van der Waals surface area contributed by atoms with Crippen molar-refractivity contribution in [2.75, 3.05) is 0 Å². The molecule has 2 aromatic heterocycles. The number of pyridine rings is 1. The maximum Gasteiger partial charge on any atom is 0.425 e. The number of alkyl halides is 3. The highest BCUT2D eigenvalue weighted by Crippen LogP contribution is 2.40. The van der Waals surface area contributed by atoms with Crippen molar-refractivity contribution in [2.45, 2.75) is 24.7 Å². The smallest absolute Gasteiger partial charge is 0.374 e. The van der Waals surface area contributed by atoms with Gasteiger partial charge in [-0.2, -0.15) is 13.2 Å². The van der Waals surface area contributed by atoms with E-state index in [-0.39, 0.29) is 6.54 Å². The highest BCUT2D eigenvalue weighted by atomic mass is 19.4. The van der Waals surface area contributed by atoms with Gasteiger partial charge in [-0.05, 0) is 17.7 Å². The molecule has 1 unspecified atom stereocenters. The van der Waals surface area contributed by atoms with Crippen molar-refractivity contribution in [1.82, 2.24) is 19.9 Å². The molecule has 0 saturated carbocycles. The average Bonchev–Trinajstić information content (AvgIpc) is 2.91. The lowest BCUT2D eigenvalue weighted by Gasteiger charge is -2.29. The van der Waals surface area contributed by atoms with E-state index in [1.54, 1.807) is 12.1 Å². The Morgan fingerprint density at radius 1 is 1.30 bits per heavy atom. The molecule has 1 amide bonds. The second-order valence-corrected chi connectivity index (χ2v) is 5.03. The third-order valence-corrected chi connectivity index (χ3v) is 3.32. The highest BCUT2D eigenvalue weighted by molar-refractivity contribution is 5.77. The van der Waals surface area contributed by atoms with Gasteiger partial charge in [0.2, 0.25) is 11.5 Å². The van der Waals surface area contributed by atoms with E-state index in [1.165, 1.54) is 25.6 Å². The van der Waals surface area contributed by atoms with Gasteiger partial charge in [0.1, 0.15) is 0 Å². The fourth-order valence-corrected chi connectivity index (χ4v) is 2.07. The minimum absolute atomic E-state index is 0.0376. The van der Waals surface area contributed by atoms with Gasteiger partial charge in [0.05, 0.1) is 6.42 Å². The summed E-state index contributed by atoms with van der Waals surface area (Å²) in [6.45, 7) is 0.0376. The van der Waals surface area contributed by atoms with Crippen LogP contribution in [0.2, 0.25) is 0 Å². The van der Waals surface area contributed by atoms with E-state index in [2.05, 4.69) is 15.3 Å². The summed E-state index contributed by atoms with van der Waals surface area (Å²) in [5, 5.41) is 12.4. The van der Waals surface area contributed by atoms with Crippen LogP contribution < -0.4 is 5.32 Å². The minimum Gasteiger partial charge on any atom is -0.374 e. The number of imidazole rings is 1. The quantitative estimate of drug-likeness (QED) is 0.866. The number of aryl methyl sites for hydroxylation is 1. The van der Waals surface area contributed by atoms with Gasteiger partial charge in [0, 0.05) is 38.4 Å². The fraction of sp³-hybridized carbons (Fsp3) is 0.357. The molecule has 0 aromatic carbocycles. The van der Waals surface area contributed by atoms with Gasteiger partial charge in [-0.1, -0.05) is 0 Å². The molecule has 0 spiro atoms. The number of carbonyl (C=O) groups excluding carboxylic acids is 1. The van der Waals surface area contributed by atoms with Crippen LogP contribution in [0.3, 0.4) is 0 Å². The van der Waals surface area contributed by atoms with E-state index >= 15 is 0 Å². The monoisotopic (exact) mass is 328 g/mol. The van der Waals surface area contributed by atoms with Crippen LogP contribution in [0.4, 0.5) is 13.2 Å². The predicted octanol–water partition coefficient (Wildman–Crippen LogP) is 1.27. The van der Waals surface area contributed by atoms with E-state index in [0.717, 1.165) is 10.8 Å². The first-order valence-electron chi connectivity index (χ1n) is 6.66. The molecule has 0 fully saturated rings. The Morgan fingerprint density at radius 2 is 1.96 bits per heavy atom. The Bertz CT molecular complexity index is 672. The summed E-state index contributed by atoms with van der Waals surface area (Å²) in [7, 11) is 1.31. The third kappa shape index (κ3) is 3.67. The summed E-state index contributed by atoms with van der Waals surface area (Å²) < 4.78 is 40.9. The Labute approximate surface area is 130 Å². The van der Waals surface area contributed by atoms with Crippen molar-refractivity contribution in [3.63, 3.8) is 0 Å². The fourth-order valence-electron chi connectivity index (χ4n) is 2.07. The number of rotatable bonds is 5. The molecule has 0 saturated heterocycles. The third-order valence-electron chi connectivity index (χ3n) is 3.32. The molecule has 0 radical (unpaired) electrons. The normalized spacial score (nSPS) is 14.3. The standard InChI is InChI=1S/C14H15F3N4O2/c1-21-7-6-19-12(21)13(23,14(15,16)17)8-11(22)20-9-10-2-4-18-5-3-10/h2-7,23H,8-9H2,1H3,(H,20,22). The van der Waals surface area contributed by atoms with E-state index in [1.807, 2.05) is 0 Å². The second-order valence-electron chi connectivity index (χ2n) is 5.03. The molecular formula is C14H15F3N4O2. The molecule has 124 valence electrons. The topological polar surface area (TPSA) is 80.0 Å². The van der Waals surface area contributed by atoms with Gasteiger partial charge in [-0.25, -0.2) is 4.98 Å². The zero-order valence-electron chi connectivity index (χ0n) is 12.2. The molecule has 2 rings (SSSR count). The summed E-state index contributed by atoms with van der Waals surface area (Å²) in [6.07, 6.45) is -0.822. The van der Waals surface area contributed by atoms with Crippen molar-refractivity contribution in [1.29, 1.82) is 0 Å². The lowest BCUT2D eigenvalue weighted by atomic mass is 9.97. The Kier molecular flexibility index (Phi) is 4.69. The lowest BCUT2D eigenvalue weighted by molar-refractivity contribution is -0.271. The number of hydrogen-bond donors (Lipinski definition) is 2. The largest absolute Gasteiger partial charge is 0.425 e. The second kappa shape index (κ2) is 6.37. The molecule has 0 aliphatic heterocycles. The number of halogens is 3. The van der Waals surface area contributed by atoms with Crippen molar-refractivity contribution >= 4 is 5.91 Å². The van der Waals surface area contributed by atoms with E-state index < -0.39 is 29.9 Å². The SMILES string of the molecule is Cn1ccnc1C(O)(CC(=O)NCc1ccncc1)C(F)(F)F. The lowest BCUT2D eigenvalue weighted by Crippen LogP contribution is -2.47. The van der Waals surface area contributed by atoms with Gasteiger partial charge >= 0.3 is 6.18 Å². The molecule has 2 N–H and O–H groups in total. The zero-order valence-corrected chi connectivity index (χ0v) is 12.2. The number of hydrogen-bond acceptors (Lipinski definition) is 4. The molecule has 0 bridgehead atoms. The number of nitrogens with zero attached hydrogens (tertiary/aromatic N) is 3. The molecule has 1 atom stereocenters.